The van der Waals surface area contributed by atoms with Gasteiger partial charge >= 0.3 is 11.9 Å². The predicted octanol–water partition coefficient (Wildman–Crippen LogP) is 19.8. The van der Waals surface area contributed by atoms with Crippen LogP contribution in [0.25, 0.3) is 0 Å². The van der Waals surface area contributed by atoms with Crippen LogP contribution in [-0.4, -0.2) is 37.9 Å². The van der Waals surface area contributed by atoms with Gasteiger partial charge in [0.1, 0.15) is 6.61 Å². The lowest BCUT2D eigenvalue weighted by Gasteiger charge is -2.18. The van der Waals surface area contributed by atoms with Gasteiger partial charge < -0.3 is 14.2 Å². The molecule has 0 heterocycles. The van der Waals surface area contributed by atoms with E-state index in [2.05, 4.69) is 32.9 Å². The second-order valence-corrected chi connectivity index (χ2v) is 19.9. The number of hydrogen-bond acceptors (Lipinski definition) is 5. The van der Waals surface area contributed by atoms with Crippen molar-refractivity contribution in [1.29, 1.82) is 0 Å². The molecule has 0 unspecified atom stereocenters. The molecule has 0 rings (SSSR count). The lowest BCUT2D eigenvalue weighted by Crippen LogP contribution is -2.30. The summed E-state index contributed by atoms with van der Waals surface area (Å²) in [5, 5.41) is 0. The largest absolute Gasteiger partial charge is 0.462 e. The molecule has 0 spiro atoms. The fraction of sp³-hybridized carbons (Fsp3) is 0.932. The molecule has 5 nitrogen and oxygen atoms in total. The molecular formula is C59H114O5. The summed E-state index contributed by atoms with van der Waals surface area (Å²) in [6.07, 6.45) is 65.1. The molecule has 0 radical (unpaired) electrons. The molecule has 0 N–H and O–H groups in total. The van der Waals surface area contributed by atoms with E-state index in [4.69, 9.17) is 14.2 Å². The highest BCUT2D eigenvalue weighted by Gasteiger charge is 2.17. The maximum absolute atomic E-state index is 12.8. The van der Waals surface area contributed by atoms with Crippen molar-refractivity contribution in [2.24, 2.45) is 0 Å². The van der Waals surface area contributed by atoms with Gasteiger partial charge in [0.2, 0.25) is 0 Å². The molecule has 1 atom stereocenters. The van der Waals surface area contributed by atoms with Crippen molar-refractivity contribution in [2.45, 2.75) is 335 Å². The zero-order valence-corrected chi connectivity index (χ0v) is 43.8. The van der Waals surface area contributed by atoms with Crippen molar-refractivity contribution in [3.05, 3.63) is 12.2 Å². The van der Waals surface area contributed by atoms with Crippen LogP contribution in [0, 0.1) is 0 Å². The Morgan fingerprint density at radius 2 is 0.609 bits per heavy atom. The van der Waals surface area contributed by atoms with Crippen LogP contribution in [0.3, 0.4) is 0 Å². The molecule has 5 heteroatoms. The van der Waals surface area contributed by atoms with E-state index in [1.54, 1.807) is 0 Å². The molecule has 0 aromatic rings. The van der Waals surface area contributed by atoms with Gasteiger partial charge in [0.25, 0.3) is 0 Å². The van der Waals surface area contributed by atoms with Gasteiger partial charge in [-0.15, -0.1) is 0 Å². The number of rotatable bonds is 55. The van der Waals surface area contributed by atoms with E-state index in [0.29, 0.717) is 26.1 Å². The predicted molar refractivity (Wildman–Crippen MR) is 279 cm³/mol. The lowest BCUT2D eigenvalue weighted by molar-refractivity contribution is -0.163. The average molecular weight is 904 g/mol. The van der Waals surface area contributed by atoms with Gasteiger partial charge in [0.05, 0.1) is 6.61 Å². The van der Waals surface area contributed by atoms with Crippen LogP contribution in [0.5, 0.6) is 0 Å². The number of hydrogen-bond donors (Lipinski definition) is 0. The monoisotopic (exact) mass is 903 g/mol. The average Bonchev–Trinajstić information content (AvgIpc) is 3.30. The van der Waals surface area contributed by atoms with Crippen LogP contribution >= 0.6 is 0 Å². The van der Waals surface area contributed by atoms with Crippen molar-refractivity contribution in [1.82, 2.24) is 0 Å². The van der Waals surface area contributed by atoms with Crippen LogP contribution in [0.2, 0.25) is 0 Å². The quantitative estimate of drug-likeness (QED) is 0.0346. The van der Waals surface area contributed by atoms with Gasteiger partial charge in [-0.25, -0.2) is 0 Å². The SMILES string of the molecule is CCCCCC/C=C\CCCCCCCCCC(=O)O[C@H](COCCCCCCCCCCCCCCCCCC)COC(=O)CCCCCCCCCCCCCCCCCCC. The Kier molecular flexibility index (Phi) is 54.8. The lowest BCUT2D eigenvalue weighted by atomic mass is 10.0. The number of carbonyl (C=O) groups excluding carboxylic acids is 2. The van der Waals surface area contributed by atoms with Crippen LogP contribution in [0.4, 0.5) is 0 Å². The molecule has 0 aromatic carbocycles. The molecule has 0 aliphatic carbocycles. The zero-order chi connectivity index (χ0) is 46.3. The van der Waals surface area contributed by atoms with Crippen LogP contribution in [0.1, 0.15) is 329 Å². The van der Waals surface area contributed by atoms with Crippen LogP contribution in [-0.2, 0) is 23.8 Å². The number of ether oxygens (including phenoxy) is 3. The Morgan fingerprint density at radius 1 is 0.328 bits per heavy atom. The summed E-state index contributed by atoms with van der Waals surface area (Å²) in [6, 6.07) is 0. The fourth-order valence-corrected chi connectivity index (χ4v) is 8.92. The second kappa shape index (κ2) is 56.0. The third-order valence-corrected chi connectivity index (χ3v) is 13.3. The molecule has 0 saturated heterocycles. The Bertz CT molecular complexity index is 932. The minimum atomic E-state index is -0.529. The Labute approximate surface area is 401 Å². The van der Waals surface area contributed by atoms with E-state index in [-0.39, 0.29) is 18.5 Å². The van der Waals surface area contributed by atoms with E-state index < -0.39 is 6.10 Å². The highest BCUT2D eigenvalue weighted by molar-refractivity contribution is 5.70. The van der Waals surface area contributed by atoms with Crippen LogP contribution < -0.4 is 0 Å². The van der Waals surface area contributed by atoms with Crippen molar-refractivity contribution >= 4 is 11.9 Å². The van der Waals surface area contributed by atoms with E-state index in [0.717, 1.165) is 32.1 Å². The number of unbranched alkanes of at least 4 members (excludes halogenated alkanes) is 42. The maximum atomic E-state index is 12.8. The van der Waals surface area contributed by atoms with Gasteiger partial charge in [-0.2, -0.15) is 0 Å². The highest BCUT2D eigenvalue weighted by Crippen LogP contribution is 2.17. The Morgan fingerprint density at radius 3 is 0.969 bits per heavy atom. The van der Waals surface area contributed by atoms with Crippen molar-refractivity contribution in [3.8, 4) is 0 Å². The standard InChI is InChI=1S/C59H114O5/c1-4-7-10-13-16-19-22-25-28-30-32-34-37-40-43-46-49-52-58(60)63-56-57(55-62-54-51-48-45-42-39-36-33-29-26-23-20-17-14-11-8-5-2)64-59(61)53-50-47-44-41-38-35-31-27-24-21-18-15-12-9-6-3/h21,24,57H,4-20,22-23,25-56H2,1-3H3/b24-21-/t57-/m1/s1. The number of allylic oxidation sites excluding steroid dienone is 2. The Hall–Kier alpha value is -1.36. The molecule has 0 aliphatic heterocycles. The first kappa shape index (κ1) is 62.6. The number of esters is 2. The smallest absolute Gasteiger partial charge is 0.306 e. The van der Waals surface area contributed by atoms with Crippen molar-refractivity contribution < 1.29 is 23.8 Å². The first-order valence-electron chi connectivity index (χ1n) is 29.2. The minimum absolute atomic E-state index is 0.0938. The van der Waals surface area contributed by atoms with Gasteiger partial charge in [-0.3, -0.25) is 9.59 Å². The molecule has 0 aromatic heterocycles. The minimum Gasteiger partial charge on any atom is -0.462 e. The van der Waals surface area contributed by atoms with Gasteiger partial charge in [0, 0.05) is 19.4 Å². The first-order chi connectivity index (χ1) is 31.6. The molecule has 0 aliphatic rings. The molecule has 0 fully saturated rings. The van der Waals surface area contributed by atoms with Crippen molar-refractivity contribution in [3.63, 3.8) is 0 Å². The topological polar surface area (TPSA) is 61.8 Å². The first-order valence-corrected chi connectivity index (χ1v) is 29.2. The molecular weight excluding hydrogens is 789 g/mol. The Balaban J connectivity index is 4.20. The normalized spacial score (nSPS) is 12.1. The molecule has 0 bridgehead atoms. The summed E-state index contributed by atoms with van der Waals surface area (Å²) in [5.41, 5.74) is 0. The summed E-state index contributed by atoms with van der Waals surface area (Å²) in [7, 11) is 0. The van der Waals surface area contributed by atoms with E-state index in [9.17, 15) is 9.59 Å². The van der Waals surface area contributed by atoms with Gasteiger partial charge in [-0.1, -0.05) is 283 Å². The summed E-state index contributed by atoms with van der Waals surface area (Å²) >= 11 is 0. The number of carbonyl (C=O) groups is 2. The summed E-state index contributed by atoms with van der Waals surface area (Å²) < 4.78 is 17.5. The van der Waals surface area contributed by atoms with E-state index >= 15 is 0 Å². The zero-order valence-electron chi connectivity index (χ0n) is 43.8. The third-order valence-electron chi connectivity index (χ3n) is 13.3. The molecule has 0 amide bonds. The fourth-order valence-electron chi connectivity index (χ4n) is 8.92. The van der Waals surface area contributed by atoms with Gasteiger partial charge in [0.15, 0.2) is 6.10 Å². The second-order valence-electron chi connectivity index (χ2n) is 19.9. The van der Waals surface area contributed by atoms with E-state index in [1.165, 1.54) is 263 Å². The maximum Gasteiger partial charge on any atom is 0.306 e. The highest BCUT2D eigenvalue weighted by atomic mass is 16.6. The molecule has 0 saturated carbocycles. The molecule has 380 valence electrons. The molecule has 64 heavy (non-hydrogen) atoms. The summed E-state index contributed by atoms with van der Waals surface area (Å²) in [6.45, 7) is 7.90. The van der Waals surface area contributed by atoms with E-state index in [1.807, 2.05) is 0 Å². The van der Waals surface area contributed by atoms with Crippen LogP contribution in [0.15, 0.2) is 12.2 Å². The summed E-state index contributed by atoms with van der Waals surface area (Å²) in [4.78, 5) is 25.5. The summed E-state index contributed by atoms with van der Waals surface area (Å²) in [5.74, 6) is -0.375. The third kappa shape index (κ3) is 53.3. The van der Waals surface area contributed by atoms with Crippen molar-refractivity contribution in [2.75, 3.05) is 19.8 Å². The van der Waals surface area contributed by atoms with Gasteiger partial charge in [-0.05, 0) is 44.9 Å².